The van der Waals surface area contributed by atoms with Crippen LogP contribution in [0.1, 0.15) is 61.3 Å². The average Bonchev–Trinajstić information content (AvgIpc) is 3.21. The maximum absolute atomic E-state index is 13.2. The first-order valence-electron chi connectivity index (χ1n) is 12.9. The molecule has 10 heteroatoms. The number of carbonyl (C=O) groups is 1. The van der Waals surface area contributed by atoms with E-state index in [1.807, 2.05) is 26.8 Å². The number of ether oxygens (including phenoxy) is 1. The Labute approximate surface area is 242 Å². The highest BCUT2D eigenvalue weighted by atomic mass is 35.5. The van der Waals surface area contributed by atoms with Crippen molar-refractivity contribution in [2.24, 2.45) is 5.41 Å². The van der Waals surface area contributed by atoms with Crippen molar-refractivity contribution >= 4 is 46.4 Å². The first-order valence-corrected chi connectivity index (χ1v) is 14.9. The summed E-state index contributed by atoms with van der Waals surface area (Å²) in [5.41, 5.74) is 3.61. The van der Waals surface area contributed by atoms with Crippen molar-refractivity contribution in [1.82, 2.24) is 14.7 Å². The predicted octanol–water partition coefficient (Wildman–Crippen LogP) is 6.17. The molecule has 1 spiro atoms. The Bertz CT molecular complexity index is 1390. The van der Waals surface area contributed by atoms with Crippen LogP contribution in [0, 0.1) is 5.41 Å². The third-order valence-corrected chi connectivity index (χ3v) is 10.1. The number of rotatable bonds is 5. The number of halogens is 2. The quantitative estimate of drug-likeness (QED) is 0.282. The van der Waals surface area contributed by atoms with Gasteiger partial charge in [0.05, 0.1) is 35.1 Å². The van der Waals surface area contributed by atoms with Crippen molar-refractivity contribution in [3.05, 3.63) is 75.5 Å². The number of nitrogens with one attached hydrogen (secondary N) is 1. The molecule has 0 radical (unpaired) electrons. The van der Waals surface area contributed by atoms with E-state index in [2.05, 4.69) is 37.8 Å². The van der Waals surface area contributed by atoms with Crippen LogP contribution < -0.4 is 9.62 Å². The molecule has 0 unspecified atom stereocenters. The number of fused-ring (bicyclic) bond motifs is 1. The molecule has 1 aliphatic carbocycles. The molecular weight excluding hydrogens is 555 g/mol. The van der Waals surface area contributed by atoms with E-state index in [9.17, 15) is 9.35 Å². The standard InChI is InChI=1S/C29H32Cl2N4O3S/c1-28(2,3)39(37)34-25-19-9-6-5-8-18(19)16-29(25)12-14-35(15-13-29)26-24(27(36)38-4)33-22(17-32-26)20-10-7-11-21(30)23(20)31/h5-11,17,25,34H,12-16H2,1-4H3/t25-,39-/m1/s1. The summed E-state index contributed by atoms with van der Waals surface area (Å²) in [5.74, 6) is -0.0805. The molecule has 2 aromatic carbocycles. The number of nitrogens with zero attached hydrogens (tertiary/aromatic N) is 3. The van der Waals surface area contributed by atoms with Gasteiger partial charge in [-0.2, -0.15) is 0 Å². The molecule has 1 aliphatic heterocycles. The van der Waals surface area contributed by atoms with Crippen LogP contribution in [-0.4, -0.2) is 45.4 Å². The highest BCUT2D eigenvalue weighted by Crippen LogP contribution is 2.53. The fourth-order valence-electron chi connectivity index (χ4n) is 5.57. The zero-order valence-electron chi connectivity index (χ0n) is 22.5. The van der Waals surface area contributed by atoms with Crippen molar-refractivity contribution in [2.45, 2.75) is 50.8 Å². The molecule has 39 heavy (non-hydrogen) atoms. The molecule has 7 nitrogen and oxygen atoms in total. The Hall–Kier alpha value is -2.36. The molecule has 0 amide bonds. The van der Waals surface area contributed by atoms with Gasteiger partial charge in [-0.1, -0.05) is 59.6 Å². The Morgan fingerprint density at radius 3 is 2.56 bits per heavy atom. The Morgan fingerprint density at radius 2 is 1.87 bits per heavy atom. The molecule has 206 valence electrons. The highest BCUT2D eigenvalue weighted by molar-refractivity contribution is 7.90. The molecule has 1 N–H and O–H groups in total. The Morgan fingerprint density at radius 1 is 1.15 bits per heavy atom. The molecule has 3 aromatic rings. The van der Waals surface area contributed by atoms with Crippen LogP contribution in [-0.2, 0) is 22.5 Å². The highest BCUT2D eigenvalue weighted by Gasteiger charge is 2.50. The third kappa shape index (κ3) is 5.37. The van der Waals surface area contributed by atoms with Crippen LogP contribution >= 0.6 is 23.2 Å². The van der Waals surface area contributed by atoms with Gasteiger partial charge in [-0.15, -0.1) is 4.72 Å². The molecule has 0 saturated carbocycles. The molecule has 1 saturated heterocycles. The first kappa shape index (κ1) is 28.2. The van der Waals surface area contributed by atoms with Gasteiger partial charge in [0.1, 0.15) is 4.75 Å². The second kappa shape index (κ2) is 10.9. The SMILES string of the molecule is COC(=O)c1nc(-c2cccc(Cl)c2Cl)cnc1N1CCC2(CC1)Cc1ccccc1[C@H]2N[S@+]([O-])C(C)(C)C. The van der Waals surface area contributed by atoms with Crippen molar-refractivity contribution in [2.75, 3.05) is 25.1 Å². The minimum Gasteiger partial charge on any atom is -0.598 e. The number of aromatic nitrogens is 2. The van der Waals surface area contributed by atoms with Gasteiger partial charge in [-0.3, -0.25) is 0 Å². The largest absolute Gasteiger partial charge is 0.598 e. The topological polar surface area (TPSA) is 90.4 Å². The Kier molecular flexibility index (Phi) is 7.87. The van der Waals surface area contributed by atoms with Gasteiger partial charge in [0, 0.05) is 35.4 Å². The maximum Gasteiger partial charge on any atom is 0.360 e. The average molecular weight is 588 g/mol. The summed E-state index contributed by atoms with van der Waals surface area (Å²) in [7, 11) is 1.33. The van der Waals surface area contributed by atoms with Crippen LogP contribution in [0.25, 0.3) is 11.3 Å². The van der Waals surface area contributed by atoms with E-state index in [1.54, 1.807) is 24.4 Å². The van der Waals surface area contributed by atoms with Crippen LogP contribution in [0.4, 0.5) is 5.82 Å². The molecule has 1 fully saturated rings. The van der Waals surface area contributed by atoms with Crippen molar-refractivity contribution in [3.8, 4) is 11.3 Å². The minimum atomic E-state index is -1.21. The van der Waals surface area contributed by atoms with Crippen LogP contribution in [0.3, 0.4) is 0 Å². The fourth-order valence-corrected chi connectivity index (χ4v) is 6.91. The Balaban J connectivity index is 1.43. The summed E-state index contributed by atoms with van der Waals surface area (Å²) in [5, 5.41) is 0.748. The normalized spacial score (nSPS) is 19.2. The van der Waals surface area contributed by atoms with Crippen LogP contribution in [0.15, 0.2) is 48.7 Å². The molecular formula is C29H32Cl2N4O3S. The monoisotopic (exact) mass is 586 g/mol. The van der Waals surface area contributed by atoms with E-state index in [4.69, 9.17) is 27.9 Å². The van der Waals surface area contributed by atoms with Gasteiger partial charge in [0.15, 0.2) is 11.5 Å². The summed E-state index contributed by atoms with van der Waals surface area (Å²) < 4.78 is 21.4. The van der Waals surface area contributed by atoms with Gasteiger partial charge in [-0.25, -0.2) is 14.8 Å². The van der Waals surface area contributed by atoms with Gasteiger partial charge in [0.25, 0.3) is 0 Å². The maximum atomic E-state index is 13.2. The second-order valence-electron chi connectivity index (χ2n) is 11.2. The van der Waals surface area contributed by atoms with E-state index in [0.29, 0.717) is 40.2 Å². The van der Waals surface area contributed by atoms with Gasteiger partial charge in [-0.05, 0) is 57.2 Å². The molecule has 2 aliphatic rings. The zero-order chi connectivity index (χ0) is 27.9. The number of hydrogen-bond acceptors (Lipinski definition) is 7. The predicted molar refractivity (Wildman–Crippen MR) is 157 cm³/mol. The summed E-state index contributed by atoms with van der Waals surface area (Å²) >= 11 is 11.4. The van der Waals surface area contributed by atoms with Gasteiger partial charge in [0.2, 0.25) is 0 Å². The fraction of sp³-hybridized carbons (Fsp3) is 0.414. The van der Waals surface area contributed by atoms with Gasteiger partial charge < -0.3 is 14.2 Å². The number of carbonyl (C=O) groups excluding carboxylic acids is 1. The number of anilines is 1. The number of esters is 1. The van der Waals surface area contributed by atoms with E-state index in [1.165, 1.54) is 18.2 Å². The first-order chi connectivity index (χ1) is 18.5. The van der Waals surface area contributed by atoms with E-state index < -0.39 is 17.3 Å². The summed E-state index contributed by atoms with van der Waals surface area (Å²) in [6.45, 7) is 7.30. The van der Waals surface area contributed by atoms with Crippen LogP contribution in [0.5, 0.6) is 0 Å². The summed E-state index contributed by atoms with van der Waals surface area (Å²) in [4.78, 5) is 24.2. The molecule has 1 aromatic heterocycles. The molecule has 5 rings (SSSR count). The lowest BCUT2D eigenvalue weighted by Crippen LogP contribution is -2.50. The number of piperidine rings is 1. The van der Waals surface area contributed by atoms with E-state index in [0.717, 1.165) is 19.3 Å². The number of benzene rings is 2. The number of hydrogen-bond donors (Lipinski definition) is 1. The smallest absolute Gasteiger partial charge is 0.360 e. The minimum absolute atomic E-state index is 0.0191. The van der Waals surface area contributed by atoms with Crippen molar-refractivity contribution < 1.29 is 14.1 Å². The number of methoxy groups -OCH3 is 1. The zero-order valence-corrected chi connectivity index (χ0v) is 24.8. The molecule has 2 heterocycles. The van der Waals surface area contributed by atoms with Crippen LogP contribution in [0.2, 0.25) is 10.0 Å². The lowest BCUT2D eigenvalue weighted by atomic mass is 9.73. The lowest BCUT2D eigenvalue weighted by molar-refractivity contribution is 0.0594. The summed E-state index contributed by atoms with van der Waals surface area (Å²) in [6.07, 6.45) is 4.21. The third-order valence-electron chi connectivity index (χ3n) is 7.72. The van der Waals surface area contributed by atoms with Gasteiger partial charge >= 0.3 is 5.97 Å². The van der Waals surface area contributed by atoms with E-state index >= 15 is 0 Å². The van der Waals surface area contributed by atoms with Crippen molar-refractivity contribution in [3.63, 3.8) is 0 Å². The second-order valence-corrected chi connectivity index (χ2v) is 14.0. The molecule has 0 bridgehead atoms. The van der Waals surface area contributed by atoms with E-state index in [-0.39, 0.29) is 21.9 Å². The molecule has 2 atom stereocenters. The summed E-state index contributed by atoms with van der Waals surface area (Å²) in [6, 6.07) is 13.7. The van der Waals surface area contributed by atoms with Crippen molar-refractivity contribution in [1.29, 1.82) is 0 Å². The lowest BCUT2D eigenvalue weighted by Gasteiger charge is -2.44.